The first-order valence-electron chi connectivity index (χ1n) is 7.42. The van der Waals surface area contributed by atoms with Crippen molar-refractivity contribution in [1.82, 2.24) is 15.4 Å². The minimum absolute atomic E-state index is 0.131. The van der Waals surface area contributed by atoms with E-state index in [1.807, 2.05) is 6.07 Å². The first-order valence-corrected chi connectivity index (χ1v) is 7.42. The number of hydrogen-bond acceptors (Lipinski definition) is 4. The summed E-state index contributed by atoms with van der Waals surface area (Å²) in [6, 6.07) is 7.95. The summed E-state index contributed by atoms with van der Waals surface area (Å²) >= 11 is 0. The number of rotatable bonds is 2. The van der Waals surface area contributed by atoms with Gasteiger partial charge in [0.2, 0.25) is 5.76 Å². The number of nitrogens with one attached hydrogen (secondary N) is 1. The molecule has 0 unspecified atom stereocenters. The Labute approximate surface area is 127 Å². The van der Waals surface area contributed by atoms with Crippen molar-refractivity contribution < 1.29 is 13.7 Å². The van der Waals surface area contributed by atoms with Crippen molar-refractivity contribution in [3.8, 4) is 0 Å². The fourth-order valence-electron chi connectivity index (χ4n) is 3.71. The lowest BCUT2D eigenvalue weighted by atomic mass is 9.89. The summed E-state index contributed by atoms with van der Waals surface area (Å²) in [5.74, 6) is 0.461. The van der Waals surface area contributed by atoms with Gasteiger partial charge in [0.25, 0.3) is 5.91 Å². The highest BCUT2D eigenvalue weighted by Gasteiger charge is 2.47. The summed E-state index contributed by atoms with van der Waals surface area (Å²) in [7, 11) is 0. The predicted molar refractivity (Wildman–Crippen MR) is 76.5 cm³/mol. The molecule has 6 heteroatoms. The number of carbonyl (C=O) groups is 1. The van der Waals surface area contributed by atoms with E-state index < -0.39 is 0 Å². The molecular weight excluding hydrogens is 285 g/mol. The summed E-state index contributed by atoms with van der Waals surface area (Å²) in [4.78, 5) is 14.5. The Hall–Kier alpha value is -2.21. The van der Waals surface area contributed by atoms with Gasteiger partial charge >= 0.3 is 0 Å². The van der Waals surface area contributed by atoms with Crippen LogP contribution in [0.4, 0.5) is 4.39 Å². The van der Waals surface area contributed by atoms with Crippen LogP contribution in [0.1, 0.15) is 22.2 Å². The van der Waals surface area contributed by atoms with Gasteiger partial charge in [0.05, 0.1) is 12.2 Å². The zero-order valence-corrected chi connectivity index (χ0v) is 11.9. The van der Waals surface area contributed by atoms with Crippen LogP contribution in [-0.2, 0) is 0 Å². The smallest absolute Gasteiger partial charge is 0.292 e. The fourth-order valence-corrected chi connectivity index (χ4v) is 3.71. The van der Waals surface area contributed by atoms with Gasteiger partial charge in [0.15, 0.2) is 0 Å². The van der Waals surface area contributed by atoms with Crippen molar-refractivity contribution in [3.05, 3.63) is 53.7 Å². The molecule has 22 heavy (non-hydrogen) atoms. The van der Waals surface area contributed by atoms with Crippen molar-refractivity contribution >= 4 is 5.91 Å². The van der Waals surface area contributed by atoms with E-state index in [1.165, 1.54) is 18.3 Å². The monoisotopic (exact) mass is 301 g/mol. The summed E-state index contributed by atoms with van der Waals surface area (Å²) < 4.78 is 18.6. The number of fused-ring (bicyclic) bond motifs is 1. The van der Waals surface area contributed by atoms with Crippen molar-refractivity contribution in [3.63, 3.8) is 0 Å². The van der Waals surface area contributed by atoms with Crippen LogP contribution in [0, 0.1) is 17.7 Å². The normalized spacial score (nSPS) is 27.1. The number of carbonyl (C=O) groups excluding carboxylic acids is 1. The number of hydrogen-bond donors (Lipinski definition) is 1. The number of amides is 1. The quantitative estimate of drug-likeness (QED) is 0.919. The third-order valence-electron chi connectivity index (χ3n) is 4.66. The Kier molecular flexibility index (Phi) is 3.18. The van der Waals surface area contributed by atoms with Crippen molar-refractivity contribution in [2.75, 3.05) is 19.6 Å². The van der Waals surface area contributed by atoms with Gasteiger partial charge in [-0.2, -0.15) is 0 Å². The van der Waals surface area contributed by atoms with Crippen LogP contribution in [0.5, 0.6) is 0 Å². The maximum atomic E-state index is 13.6. The van der Waals surface area contributed by atoms with Crippen LogP contribution < -0.4 is 5.32 Å². The molecule has 0 aliphatic carbocycles. The van der Waals surface area contributed by atoms with E-state index in [-0.39, 0.29) is 23.5 Å². The number of benzene rings is 1. The average Bonchev–Trinajstić information content (AvgIpc) is 3.22. The van der Waals surface area contributed by atoms with Gasteiger partial charge in [-0.3, -0.25) is 4.79 Å². The van der Waals surface area contributed by atoms with Gasteiger partial charge < -0.3 is 14.7 Å². The van der Waals surface area contributed by atoms with Gasteiger partial charge in [-0.1, -0.05) is 17.3 Å². The second-order valence-electron chi connectivity index (χ2n) is 5.92. The first kappa shape index (κ1) is 13.5. The minimum Gasteiger partial charge on any atom is -0.351 e. The van der Waals surface area contributed by atoms with Crippen molar-refractivity contribution in [1.29, 1.82) is 0 Å². The zero-order valence-electron chi connectivity index (χ0n) is 11.9. The number of nitrogens with zero attached hydrogens (tertiary/aromatic N) is 2. The van der Waals surface area contributed by atoms with Crippen molar-refractivity contribution in [2.45, 2.75) is 6.04 Å². The molecule has 114 valence electrons. The topological polar surface area (TPSA) is 58.4 Å². The Bertz CT molecular complexity index is 688. The van der Waals surface area contributed by atoms with Gasteiger partial charge in [-0.05, 0) is 23.6 Å². The third kappa shape index (κ3) is 2.11. The molecule has 0 saturated carbocycles. The van der Waals surface area contributed by atoms with E-state index in [2.05, 4.69) is 10.5 Å². The Balaban J connectivity index is 1.72. The molecular formula is C16H16FN3O2. The van der Waals surface area contributed by atoms with E-state index in [4.69, 9.17) is 4.52 Å². The van der Waals surface area contributed by atoms with Crippen LogP contribution >= 0.6 is 0 Å². The molecule has 2 fully saturated rings. The number of likely N-dealkylation sites (tertiary alicyclic amines) is 1. The Morgan fingerprint density at radius 1 is 1.36 bits per heavy atom. The van der Waals surface area contributed by atoms with Gasteiger partial charge in [-0.15, -0.1) is 0 Å². The van der Waals surface area contributed by atoms with E-state index in [0.29, 0.717) is 18.4 Å². The molecule has 2 aromatic rings. The highest BCUT2D eigenvalue weighted by atomic mass is 19.1. The SMILES string of the molecule is O=C(c1ccno1)N1C[C@@H]2CNC[C@@H]2[C@H]1c1cccc(F)c1. The Morgan fingerprint density at radius 3 is 3.05 bits per heavy atom. The number of halogens is 1. The first-order chi connectivity index (χ1) is 10.7. The third-order valence-corrected chi connectivity index (χ3v) is 4.66. The van der Waals surface area contributed by atoms with E-state index in [0.717, 1.165) is 18.7 Å². The molecule has 2 saturated heterocycles. The maximum absolute atomic E-state index is 13.6. The average molecular weight is 301 g/mol. The number of aromatic nitrogens is 1. The molecule has 3 heterocycles. The molecule has 0 bridgehead atoms. The molecule has 3 atom stereocenters. The van der Waals surface area contributed by atoms with Crippen LogP contribution in [-0.4, -0.2) is 35.6 Å². The molecule has 1 amide bonds. The van der Waals surface area contributed by atoms with Crippen LogP contribution in [0.15, 0.2) is 41.1 Å². The second-order valence-corrected chi connectivity index (χ2v) is 5.92. The van der Waals surface area contributed by atoms with E-state index >= 15 is 0 Å². The molecule has 1 N–H and O–H groups in total. The fraction of sp³-hybridized carbons (Fsp3) is 0.375. The highest BCUT2D eigenvalue weighted by molar-refractivity contribution is 5.91. The predicted octanol–water partition coefficient (Wildman–Crippen LogP) is 1.85. The zero-order chi connectivity index (χ0) is 15.1. The van der Waals surface area contributed by atoms with Gasteiger partial charge in [0.1, 0.15) is 5.82 Å². The maximum Gasteiger partial charge on any atom is 0.292 e. The lowest BCUT2D eigenvalue weighted by Crippen LogP contribution is -2.34. The molecule has 1 aromatic heterocycles. The Morgan fingerprint density at radius 2 is 2.27 bits per heavy atom. The van der Waals surface area contributed by atoms with Crippen LogP contribution in [0.2, 0.25) is 0 Å². The largest absolute Gasteiger partial charge is 0.351 e. The molecule has 0 spiro atoms. The molecule has 5 nitrogen and oxygen atoms in total. The minimum atomic E-state index is -0.279. The van der Waals surface area contributed by atoms with E-state index in [1.54, 1.807) is 17.0 Å². The van der Waals surface area contributed by atoms with Gasteiger partial charge in [0, 0.05) is 31.6 Å². The van der Waals surface area contributed by atoms with Crippen LogP contribution in [0.3, 0.4) is 0 Å². The van der Waals surface area contributed by atoms with Crippen LogP contribution in [0.25, 0.3) is 0 Å². The highest BCUT2D eigenvalue weighted by Crippen LogP contribution is 2.43. The van der Waals surface area contributed by atoms with E-state index in [9.17, 15) is 9.18 Å². The molecule has 4 rings (SSSR count). The molecule has 0 radical (unpaired) electrons. The molecule has 1 aromatic carbocycles. The van der Waals surface area contributed by atoms with Crippen molar-refractivity contribution in [2.24, 2.45) is 11.8 Å². The second kappa shape index (κ2) is 5.21. The molecule has 2 aliphatic rings. The lowest BCUT2D eigenvalue weighted by molar-refractivity contribution is 0.0671. The summed E-state index contributed by atoms with van der Waals surface area (Å²) in [6.45, 7) is 2.38. The van der Waals surface area contributed by atoms with Gasteiger partial charge in [-0.25, -0.2) is 4.39 Å². The summed E-state index contributed by atoms with van der Waals surface area (Å²) in [5.41, 5.74) is 0.837. The standard InChI is InChI=1S/C16H16FN3O2/c17-12-3-1-2-10(6-12)15-13-8-18-7-11(13)9-20(15)16(21)14-4-5-19-22-14/h1-6,11,13,15,18H,7-9H2/t11-,13-,15+/m0/s1. The summed E-state index contributed by atoms with van der Waals surface area (Å²) in [5, 5.41) is 6.97. The summed E-state index contributed by atoms with van der Waals surface area (Å²) in [6.07, 6.45) is 1.46. The molecule has 2 aliphatic heterocycles. The lowest BCUT2D eigenvalue weighted by Gasteiger charge is -2.27.